The van der Waals surface area contributed by atoms with Crippen LogP contribution in [0.5, 0.6) is 0 Å². The zero-order chi connectivity index (χ0) is 13.9. The Balaban J connectivity index is 2.08. The zero-order valence-corrected chi connectivity index (χ0v) is 12.3. The molecule has 1 aromatic heterocycles. The predicted molar refractivity (Wildman–Crippen MR) is 72.6 cm³/mol. The average Bonchev–Trinajstić information content (AvgIpc) is 2.38. The Kier molecular flexibility index (Phi) is 4.45. The van der Waals surface area contributed by atoms with Gasteiger partial charge in [-0.15, -0.1) is 0 Å². The molecule has 2 rings (SSSR count). The molecule has 1 N–H and O–H groups in total. The van der Waals surface area contributed by atoms with Crippen molar-refractivity contribution in [2.45, 2.75) is 24.7 Å². The summed E-state index contributed by atoms with van der Waals surface area (Å²) in [6.07, 6.45) is 3.15. The van der Waals surface area contributed by atoms with Crippen molar-refractivity contribution in [1.82, 2.24) is 9.71 Å². The second-order valence-electron chi connectivity index (χ2n) is 5.04. The van der Waals surface area contributed by atoms with Crippen molar-refractivity contribution in [3.05, 3.63) is 23.5 Å². The van der Waals surface area contributed by atoms with Crippen molar-refractivity contribution in [2.24, 2.45) is 5.41 Å². The van der Waals surface area contributed by atoms with Gasteiger partial charge in [-0.05, 0) is 30.4 Å². The predicted octanol–water partition coefficient (Wildman–Crippen LogP) is 1.83. The van der Waals surface area contributed by atoms with E-state index in [9.17, 15) is 8.42 Å². The molecule has 1 fully saturated rings. The lowest BCUT2D eigenvalue weighted by atomic mass is 9.83. The third-order valence-corrected chi connectivity index (χ3v) is 5.25. The highest BCUT2D eigenvalue weighted by atomic mass is 35.5. The summed E-state index contributed by atoms with van der Waals surface area (Å²) in [5.74, 6) is 0. The van der Waals surface area contributed by atoms with Gasteiger partial charge in [0, 0.05) is 26.0 Å². The van der Waals surface area contributed by atoms with E-state index in [-0.39, 0.29) is 15.5 Å². The summed E-state index contributed by atoms with van der Waals surface area (Å²) in [5, 5.41) is -0.00729. The van der Waals surface area contributed by atoms with Crippen LogP contribution in [0.1, 0.15) is 19.8 Å². The topological polar surface area (TPSA) is 68.3 Å². The SMILES string of the molecule is CC1(CNS(=O)(=O)c2cccnc2Cl)CCOCC1. The molecule has 0 unspecified atom stereocenters. The van der Waals surface area contributed by atoms with E-state index in [2.05, 4.69) is 16.6 Å². The van der Waals surface area contributed by atoms with Crippen molar-refractivity contribution in [3.8, 4) is 0 Å². The minimum atomic E-state index is -3.61. The van der Waals surface area contributed by atoms with E-state index in [1.165, 1.54) is 12.3 Å². The van der Waals surface area contributed by atoms with Crippen molar-refractivity contribution >= 4 is 21.6 Å². The molecule has 1 saturated heterocycles. The standard InChI is InChI=1S/C12H17ClN2O3S/c1-12(4-7-18-8-5-12)9-15-19(16,17)10-3-2-6-14-11(10)13/h2-3,6,15H,4-5,7-9H2,1H3. The first kappa shape index (κ1) is 14.7. The van der Waals surface area contributed by atoms with Crippen LogP contribution in [-0.2, 0) is 14.8 Å². The van der Waals surface area contributed by atoms with E-state index in [0.29, 0.717) is 19.8 Å². The summed E-state index contributed by atoms with van der Waals surface area (Å²) >= 11 is 5.81. The van der Waals surface area contributed by atoms with Crippen molar-refractivity contribution in [3.63, 3.8) is 0 Å². The van der Waals surface area contributed by atoms with Crippen LogP contribution in [0, 0.1) is 5.41 Å². The molecule has 0 radical (unpaired) electrons. The summed E-state index contributed by atoms with van der Waals surface area (Å²) in [6, 6.07) is 3.00. The van der Waals surface area contributed by atoms with Crippen LogP contribution in [0.25, 0.3) is 0 Å². The van der Waals surface area contributed by atoms with Crippen molar-refractivity contribution < 1.29 is 13.2 Å². The van der Waals surface area contributed by atoms with E-state index >= 15 is 0 Å². The lowest BCUT2D eigenvalue weighted by molar-refractivity contribution is 0.0264. The van der Waals surface area contributed by atoms with E-state index in [4.69, 9.17) is 16.3 Å². The molecule has 0 bridgehead atoms. The Labute approximate surface area is 118 Å². The van der Waals surface area contributed by atoms with Gasteiger partial charge in [0.2, 0.25) is 10.0 Å². The molecule has 0 saturated carbocycles. The van der Waals surface area contributed by atoms with Gasteiger partial charge in [0.25, 0.3) is 0 Å². The van der Waals surface area contributed by atoms with Crippen LogP contribution in [-0.4, -0.2) is 33.2 Å². The molecular formula is C12H17ClN2O3S. The molecule has 1 aliphatic rings. The zero-order valence-electron chi connectivity index (χ0n) is 10.7. The first-order chi connectivity index (χ1) is 8.93. The summed E-state index contributed by atoms with van der Waals surface area (Å²) in [4.78, 5) is 3.80. The molecule has 7 heteroatoms. The number of rotatable bonds is 4. The van der Waals surface area contributed by atoms with Gasteiger partial charge in [-0.2, -0.15) is 0 Å². The lowest BCUT2D eigenvalue weighted by Crippen LogP contribution is -2.39. The molecule has 0 amide bonds. The number of hydrogen-bond donors (Lipinski definition) is 1. The maximum atomic E-state index is 12.2. The second-order valence-corrected chi connectivity index (χ2v) is 7.13. The highest BCUT2D eigenvalue weighted by Crippen LogP contribution is 2.29. The maximum Gasteiger partial charge on any atom is 0.243 e. The van der Waals surface area contributed by atoms with Crippen LogP contribution >= 0.6 is 11.6 Å². The van der Waals surface area contributed by atoms with E-state index in [1.807, 2.05) is 0 Å². The van der Waals surface area contributed by atoms with Crippen molar-refractivity contribution in [1.29, 1.82) is 0 Å². The largest absolute Gasteiger partial charge is 0.381 e. The monoisotopic (exact) mass is 304 g/mol. The Hall–Kier alpha value is -0.690. The molecule has 0 atom stereocenters. The number of hydrogen-bond acceptors (Lipinski definition) is 4. The van der Waals surface area contributed by atoms with Gasteiger partial charge in [0.1, 0.15) is 10.0 Å². The van der Waals surface area contributed by atoms with Gasteiger partial charge in [-0.1, -0.05) is 18.5 Å². The van der Waals surface area contributed by atoms with Crippen molar-refractivity contribution in [2.75, 3.05) is 19.8 Å². The molecule has 0 aliphatic carbocycles. The normalized spacial score (nSPS) is 19.3. The number of nitrogens with one attached hydrogen (secondary N) is 1. The number of aromatic nitrogens is 1. The fourth-order valence-corrected chi connectivity index (χ4v) is 3.61. The maximum absolute atomic E-state index is 12.2. The first-order valence-corrected chi connectivity index (χ1v) is 7.97. The molecule has 106 valence electrons. The summed E-state index contributed by atoms with van der Waals surface area (Å²) in [6.45, 7) is 3.78. The lowest BCUT2D eigenvalue weighted by Gasteiger charge is -2.33. The van der Waals surface area contributed by atoms with Crippen LogP contribution in [0.4, 0.5) is 0 Å². The number of ether oxygens (including phenoxy) is 1. The first-order valence-electron chi connectivity index (χ1n) is 6.11. The molecule has 2 heterocycles. The Morgan fingerprint density at radius 1 is 1.47 bits per heavy atom. The third kappa shape index (κ3) is 3.66. The number of pyridine rings is 1. The average molecular weight is 305 g/mol. The minimum Gasteiger partial charge on any atom is -0.381 e. The Morgan fingerprint density at radius 3 is 2.79 bits per heavy atom. The van der Waals surface area contributed by atoms with Crippen LogP contribution in [0.2, 0.25) is 5.15 Å². The molecule has 0 aromatic carbocycles. The Morgan fingerprint density at radius 2 is 2.16 bits per heavy atom. The quantitative estimate of drug-likeness (QED) is 0.862. The van der Waals surface area contributed by atoms with Gasteiger partial charge in [0.15, 0.2) is 0 Å². The van der Waals surface area contributed by atoms with Gasteiger partial charge in [-0.25, -0.2) is 18.1 Å². The van der Waals surface area contributed by atoms with Crippen LogP contribution < -0.4 is 4.72 Å². The van der Waals surface area contributed by atoms with Gasteiger partial charge >= 0.3 is 0 Å². The molecule has 1 aromatic rings. The molecular weight excluding hydrogens is 288 g/mol. The highest BCUT2D eigenvalue weighted by molar-refractivity contribution is 7.89. The number of nitrogens with zero attached hydrogens (tertiary/aromatic N) is 1. The fraction of sp³-hybridized carbons (Fsp3) is 0.583. The number of sulfonamides is 1. The molecule has 5 nitrogen and oxygen atoms in total. The second kappa shape index (κ2) is 5.75. The number of halogens is 1. The van der Waals surface area contributed by atoms with Gasteiger partial charge < -0.3 is 4.74 Å². The highest BCUT2D eigenvalue weighted by Gasteiger charge is 2.29. The van der Waals surface area contributed by atoms with Gasteiger partial charge in [-0.3, -0.25) is 0 Å². The molecule has 0 spiro atoms. The fourth-order valence-electron chi connectivity index (χ4n) is 1.96. The van der Waals surface area contributed by atoms with E-state index in [0.717, 1.165) is 12.8 Å². The van der Waals surface area contributed by atoms with Gasteiger partial charge in [0.05, 0.1) is 0 Å². The summed E-state index contributed by atoms with van der Waals surface area (Å²) in [5.41, 5.74) is -0.0694. The van der Waals surface area contributed by atoms with Crippen LogP contribution in [0.15, 0.2) is 23.2 Å². The summed E-state index contributed by atoms with van der Waals surface area (Å²) < 4.78 is 32.3. The van der Waals surface area contributed by atoms with E-state index in [1.54, 1.807) is 6.07 Å². The van der Waals surface area contributed by atoms with E-state index < -0.39 is 10.0 Å². The third-order valence-electron chi connectivity index (χ3n) is 3.40. The minimum absolute atomic E-state index is 0.00729. The molecule has 1 aliphatic heterocycles. The summed E-state index contributed by atoms with van der Waals surface area (Å²) in [7, 11) is -3.61. The smallest absolute Gasteiger partial charge is 0.243 e. The van der Waals surface area contributed by atoms with Crippen LogP contribution in [0.3, 0.4) is 0 Å². The molecule has 19 heavy (non-hydrogen) atoms. The Bertz CT molecular complexity index is 542.